The molecule has 6 nitrogen and oxygen atoms in total. The second kappa shape index (κ2) is 12.0. The van der Waals surface area contributed by atoms with Gasteiger partial charge in [0.1, 0.15) is 5.75 Å². The van der Waals surface area contributed by atoms with E-state index >= 15 is 0 Å². The van der Waals surface area contributed by atoms with E-state index in [9.17, 15) is 9.59 Å². The Balaban J connectivity index is 0.00000420. The molecule has 1 aliphatic rings. The first-order valence-corrected chi connectivity index (χ1v) is 10.4. The van der Waals surface area contributed by atoms with Crippen LogP contribution in [0.15, 0.2) is 18.2 Å². The van der Waals surface area contributed by atoms with E-state index in [1.54, 1.807) is 0 Å². The smallest absolute Gasteiger partial charge is 0.263 e. The number of benzene rings is 1. The molecule has 1 heterocycles. The summed E-state index contributed by atoms with van der Waals surface area (Å²) >= 11 is 0. The summed E-state index contributed by atoms with van der Waals surface area (Å²) in [5, 5.41) is 2.90. The van der Waals surface area contributed by atoms with E-state index in [0.29, 0.717) is 32.0 Å². The molecule has 1 fully saturated rings. The Kier molecular flexibility index (Phi) is 10.5. The predicted octanol–water partition coefficient (Wildman–Crippen LogP) is 3.15. The molecule has 2 amide bonds. The Hall–Kier alpha value is -1.79. The molecule has 0 aliphatic carbocycles. The van der Waals surface area contributed by atoms with E-state index in [1.807, 2.05) is 30.9 Å². The number of carbonyl (C=O) groups excluding carboxylic acids is 2. The van der Waals surface area contributed by atoms with Crippen molar-refractivity contribution in [2.45, 2.75) is 71.4 Å². The summed E-state index contributed by atoms with van der Waals surface area (Å²) in [6, 6.07) is 6.18. The van der Waals surface area contributed by atoms with Gasteiger partial charge < -0.3 is 20.7 Å². The number of likely N-dealkylation sites (tertiary alicyclic amines) is 1. The number of rotatable bonds is 8. The van der Waals surface area contributed by atoms with Crippen LogP contribution in [-0.4, -0.2) is 48.5 Å². The molecule has 1 saturated heterocycles. The van der Waals surface area contributed by atoms with Crippen LogP contribution >= 0.6 is 12.4 Å². The van der Waals surface area contributed by atoms with Crippen molar-refractivity contribution in [1.82, 2.24) is 10.2 Å². The number of nitrogens with two attached hydrogens (primary N) is 1. The van der Waals surface area contributed by atoms with Crippen molar-refractivity contribution in [3.8, 4) is 5.75 Å². The maximum atomic E-state index is 13.1. The molecule has 0 saturated carbocycles. The number of nitrogens with one attached hydrogen (secondary N) is 1. The highest BCUT2D eigenvalue weighted by atomic mass is 35.5. The Bertz CT molecular complexity index is 681. The topological polar surface area (TPSA) is 84.7 Å². The second-order valence-corrected chi connectivity index (χ2v) is 7.96. The van der Waals surface area contributed by atoms with Crippen LogP contribution in [-0.2, 0) is 9.59 Å². The lowest BCUT2D eigenvalue weighted by Gasteiger charge is -2.37. The summed E-state index contributed by atoms with van der Waals surface area (Å²) in [5.41, 5.74) is 7.64. The third-order valence-corrected chi connectivity index (χ3v) is 5.35. The van der Waals surface area contributed by atoms with E-state index in [1.165, 1.54) is 5.56 Å². The fraction of sp³-hybridized carbons (Fsp3) is 0.636. The highest BCUT2D eigenvalue weighted by Gasteiger charge is 2.31. The van der Waals surface area contributed by atoms with Crippen molar-refractivity contribution < 1.29 is 14.3 Å². The van der Waals surface area contributed by atoms with Crippen LogP contribution in [0.5, 0.6) is 5.75 Å². The number of hydrogen-bond acceptors (Lipinski definition) is 4. The number of halogens is 1. The molecule has 0 bridgehead atoms. The van der Waals surface area contributed by atoms with Gasteiger partial charge in [0.15, 0.2) is 6.10 Å². The van der Waals surface area contributed by atoms with Crippen molar-refractivity contribution in [3.05, 3.63) is 29.3 Å². The number of aryl methyl sites for hydroxylation is 1. The van der Waals surface area contributed by atoms with E-state index in [2.05, 4.69) is 25.2 Å². The fourth-order valence-electron chi connectivity index (χ4n) is 3.53. The number of hydrogen-bond donors (Lipinski definition) is 2. The fourth-order valence-corrected chi connectivity index (χ4v) is 3.53. The molecule has 1 aliphatic heterocycles. The Morgan fingerprint density at radius 1 is 1.28 bits per heavy atom. The number of ether oxygens (including phenoxy) is 1. The molecule has 0 spiro atoms. The lowest BCUT2D eigenvalue weighted by Crippen LogP contribution is -2.53. The van der Waals surface area contributed by atoms with Crippen LogP contribution in [0.2, 0.25) is 0 Å². The van der Waals surface area contributed by atoms with Crippen molar-refractivity contribution in [3.63, 3.8) is 0 Å². The molecule has 2 rings (SSSR count). The molecule has 2 unspecified atom stereocenters. The normalized spacial score (nSPS) is 17.4. The van der Waals surface area contributed by atoms with Crippen LogP contribution in [0.1, 0.15) is 63.5 Å². The zero-order valence-corrected chi connectivity index (χ0v) is 18.9. The third-order valence-electron chi connectivity index (χ3n) is 5.35. The van der Waals surface area contributed by atoms with Gasteiger partial charge in [0, 0.05) is 32.1 Å². The first kappa shape index (κ1) is 25.2. The first-order valence-electron chi connectivity index (χ1n) is 10.4. The highest BCUT2D eigenvalue weighted by Crippen LogP contribution is 2.26. The molecule has 7 heteroatoms. The van der Waals surface area contributed by atoms with Gasteiger partial charge in [0.2, 0.25) is 5.91 Å². The van der Waals surface area contributed by atoms with Gasteiger partial charge in [-0.2, -0.15) is 0 Å². The summed E-state index contributed by atoms with van der Waals surface area (Å²) in [6.07, 6.45) is 2.68. The van der Waals surface area contributed by atoms with Crippen LogP contribution in [0.3, 0.4) is 0 Å². The van der Waals surface area contributed by atoms with Gasteiger partial charge in [0.25, 0.3) is 5.91 Å². The monoisotopic (exact) mass is 425 g/mol. The number of amides is 2. The van der Waals surface area contributed by atoms with E-state index < -0.39 is 6.10 Å². The van der Waals surface area contributed by atoms with Crippen molar-refractivity contribution in [1.29, 1.82) is 0 Å². The van der Waals surface area contributed by atoms with Crippen LogP contribution in [0.4, 0.5) is 0 Å². The molecule has 29 heavy (non-hydrogen) atoms. The number of piperidine rings is 1. The number of nitrogens with zero attached hydrogens (tertiary/aromatic N) is 1. The Morgan fingerprint density at radius 2 is 2.00 bits per heavy atom. The zero-order chi connectivity index (χ0) is 20.7. The van der Waals surface area contributed by atoms with Gasteiger partial charge in [-0.25, -0.2) is 0 Å². The average molecular weight is 426 g/mol. The molecule has 1 aromatic rings. The van der Waals surface area contributed by atoms with Crippen LogP contribution in [0, 0.1) is 6.92 Å². The lowest BCUT2D eigenvalue weighted by atomic mass is 10.0. The van der Waals surface area contributed by atoms with Gasteiger partial charge in [-0.15, -0.1) is 12.4 Å². The molecular formula is C22H36ClN3O3. The largest absolute Gasteiger partial charge is 0.481 e. The minimum Gasteiger partial charge on any atom is -0.481 e. The molecule has 3 N–H and O–H groups in total. The molecule has 0 radical (unpaired) electrons. The maximum absolute atomic E-state index is 13.1. The van der Waals surface area contributed by atoms with Gasteiger partial charge >= 0.3 is 0 Å². The molecule has 2 atom stereocenters. The first-order chi connectivity index (χ1) is 13.3. The molecular weight excluding hydrogens is 390 g/mol. The quantitative estimate of drug-likeness (QED) is 0.670. The molecule has 1 aromatic carbocycles. The lowest BCUT2D eigenvalue weighted by molar-refractivity contribution is -0.142. The van der Waals surface area contributed by atoms with Crippen molar-refractivity contribution >= 4 is 24.2 Å². The van der Waals surface area contributed by atoms with E-state index in [-0.39, 0.29) is 30.3 Å². The SMILES string of the molecule is Cc1ccc(C(C)C)cc1OC(C)C(=O)N1CCCCC1CNC(=O)CCN.Cl. The van der Waals surface area contributed by atoms with E-state index in [4.69, 9.17) is 10.5 Å². The Labute approximate surface area is 181 Å². The number of carbonyl (C=O) groups is 2. The molecule has 164 valence electrons. The van der Waals surface area contributed by atoms with Gasteiger partial charge in [-0.3, -0.25) is 9.59 Å². The summed E-state index contributed by atoms with van der Waals surface area (Å²) in [5.74, 6) is 1.08. The van der Waals surface area contributed by atoms with Gasteiger partial charge in [-0.1, -0.05) is 26.0 Å². The third kappa shape index (κ3) is 7.19. The van der Waals surface area contributed by atoms with Gasteiger partial charge in [-0.05, 0) is 56.2 Å². The maximum Gasteiger partial charge on any atom is 0.263 e. The van der Waals surface area contributed by atoms with Crippen LogP contribution in [0.25, 0.3) is 0 Å². The predicted molar refractivity (Wildman–Crippen MR) is 119 cm³/mol. The summed E-state index contributed by atoms with van der Waals surface area (Å²) in [6.45, 7) is 9.59. The average Bonchev–Trinajstić information content (AvgIpc) is 2.67. The summed E-state index contributed by atoms with van der Waals surface area (Å²) < 4.78 is 6.07. The van der Waals surface area contributed by atoms with Crippen LogP contribution < -0.4 is 15.8 Å². The van der Waals surface area contributed by atoms with E-state index in [0.717, 1.165) is 30.6 Å². The van der Waals surface area contributed by atoms with Crippen molar-refractivity contribution in [2.24, 2.45) is 5.73 Å². The molecule has 0 aromatic heterocycles. The highest BCUT2D eigenvalue weighted by molar-refractivity contribution is 5.85. The Morgan fingerprint density at radius 3 is 2.66 bits per heavy atom. The minimum absolute atomic E-state index is 0. The zero-order valence-electron chi connectivity index (χ0n) is 18.1. The van der Waals surface area contributed by atoms with Gasteiger partial charge in [0.05, 0.1) is 0 Å². The minimum atomic E-state index is -0.568. The standard InChI is InChI=1S/C22H35N3O3.ClH/c1-15(2)18-9-8-16(3)20(13-18)28-17(4)22(27)25-12-6-5-7-19(25)14-24-21(26)10-11-23;/h8-9,13,15,17,19H,5-7,10-12,14,23H2,1-4H3,(H,24,26);1H. The summed E-state index contributed by atoms with van der Waals surface area (Å²) in [7, 11) is 0. The second-order valence-electron chi connectivity index (χ2n) is 7.96. The summed E-state index contributed by atoms with van der Waals surface area (Å²) in [4.78, 5) is 26.7. The van der Waals surface area contributed by atoms with Crippen molar-refractivity contribution in [2.75, 3.05) is 19.6 Å².